The van der Waals surface area contributed by atoms with Gasteiger partial charge in [-0.05, 0) is 37.5 Å². The minimum Gasteiger partial charge on any atom is -0.310 e. The monoisotopic (exact) mass is 241 g/mol. The number of fused-ring (bicyclic) bond motifs is 1. The van der Waals surface area contributed by atoms with E-state index in [0.29, 0.717) is 5.41 Å². The van der Waals surface area contributed by atoms with Gasteiger partial charge in [0.25, 0.3) is 0 Å². The van der Waals surface area contributed by atoms with E-state index in [0.717, 1.165) is 23.3 Å². The highest BCUT2D eigenvalue weighted by Gasteiger charge is 2.39. The summed E-state index contributed by atoms with van der Waals surface area (Å²) >= 11 is 2.22. The molecule has 0 spiro atoms. The summed E-state index contributed by atoms with van der Waals surface area (Å²) in [5.41, 5.74) is 0.550. The Hall–Kier alpha value is 0.310. The minimum absolute atomic E-state index is 0.550. The van der Waals surface area contributed by atoms with Gasteiger partial charge in [-0.3, -0.25) is 0 Å². The minimum atomic E-state index is 0.550. The van der Waals surface area contributed by atoms with Crippen LogP contribution in [-0.2, 0) is 0 Å². The largest absolute Gasteiger partial charge is 0.310 e. The number of nitrogens with one attached hydrogen (secondary N) is 1. The molecule has 2 heteroatoms. The highest BCUT2D eigenvalue weighted by Crippen LogP contribution is 2.44. The van der Waals surface area contributed by atoms with E-state index in [9.17, 15) is 0 Å². The molecule has 0 amide bonds. The lowest BCUT2D eigenvalue weighted by Crippen LogP contribution is -2.52. The molecule has 0 aromatic rings. The van der Waals surface area contributed by atoms with Crippen molar-refractivity contribution < 1.29 is 0 Å². The van der Waals surface area contributed by atoms with Crippen molar-refractivity contribution in [1.29, 1.82) is 0 Å². The van der Waals surface area contributed by atoms with Crippen molar-refractivity contribution in [1.82, 2.24) is 5.32 Å². The molecule has 1 saturated heterocycles. The Labute approximate surface area is 105 Å². The van der Waals surface area contributed by atoms with Crippen molar-refractivity contribution in [2.24, 2.45) is 11.3 Å². The maximum atomic E-state index is 3.79. The lowest BCUT2D eigenvalue weighted by atomic mass is 9.68. The molecule has 0 bridgehead atoms. The van der Waals surface area contributed by atoms with Gasteiger partial charge in [0.1, 0.15) is 0 Å². The van der Waals surface area contributed by atoms with Crippen LogP contribution in [0.15, 0.2) is 0 Å². The lowest BCUT2D eigenvalue weighted by Gasteiger charge is -2.46. The van der Waals surface area contributed by atoms with E-state index < -0.39 is 0 Å². The van der Waals surface area contributed by atoms with Gasteiger partial charge in [0.05, 0.1) is 0 Å². The van der Waals surface area contributed by atoms with Crippen molar-refractivity contribution in [2.75, 3.05) is 5.75 Å². The molecule has 1 saturated carbocycles. The van der Waals surface area contributed by atoms with Gasteiger partial charge in [-0.15, -0.1) is 0 Å². The molecule has 2 aliphatic rings. The molecule has 0 radical (unpaired) electrons. The molecular weight excluding hydrogens is 214 g/mol. The van der Waals surface area contributed by atoms with Crippen LogP contribution in [0.1, 0.15) is 53.4 Å². The molecular formula is C14H27NS. The van der Waals surface area contributed by atoms with Crippen LogP contribution in [0.25, 0.3) is 0 Å². The van der Waals surface area contributed by atoms with Gasteiger partial charge in [-0.1, -0.05) is 27.2 Å². The van der Waals surface area contributed by atoms with Crippen LogP contribution in [0.4, 0.5) is 0 Å². The second-order valence-electron chi connectivity index (χ2n) is 6.40. The molecule has 1 heterocycles. The normalized spacial score (nSPS) is 40.5. The highest BCUT2D eigenvalue weighted by atomic mass is 32.2. The smallest absolute Gasteiger partial charge is 0.0204 e. The molecule has 4 unspecified atom stereocenters. The fourth-order valence-electron chi connectivity index (χ4n) is 3.18. The summed E-state index contributed by atoms with van der Waals surface area (Å²) in [5, 5.41) is 4.68. The van der Waals surface area contributed by atoms with Gasteiger partial charge in [-0.2, -0.15) is 11.8 Å². The molecule has 2 fully saturated rings. The van der Waals surface area contributed by atoms with E-state index in [1.165, 1.54) is 31.4 Å². The van der Waals surface area contributed by atoms with Gasteiger partial charge in [0.2, 0.25) is 0 Å². The van der Waals surface area contributed by atoms with Crippen LogP contribution in [0.5, 0.6) is 0 Å². The molecule has 94 valence electrons. The predicted molar refractivity (Wildman–Crippen MR) is 74.0 cm³/mol. The van der Waals surface area contributed by atoms with Crippen molar-refractivity contribution in [3.05, 3.63) is 0 Å². The maximum absolute atomic E-state index is 3.79. The van der Waals surface area contributed by atoms with Crippen LogP contribution in [0.2, 0.25) is 0 Å². The van der Waals surface area contributed by atoms with E-state index in [1.807, 2.05) is 0 Å². The first kappa shape index (κ1) is 12.8. The van der Waals surface area contributed by atoms with E-state index >= 15 is 0 Å². The second-order valence-corrected chi connectivity index (χ2v) is 7.67. The fourth-order valence-corrected chi connectivity index (χ4v) is 4.63. The Bertz CT molecular complexity index is 239. The van der Waals surface area contributed by atoms with E-state index in [-0.39, 0.29) is 0 Å². The van der Waals surface area contributed by atoms with Gasteiger partial charge in [0, 0.05) is 23.1 Å². The van der Waals surface area contributed by atoms with Crippen LogP contribution in [-0.4, -0.2) is 23.1 Å². The van der Waals surface area contributed by atoms with E-state index in [2.05, 4.69) is 44.8 Å². The fraction of sp³-hybridized carbons (Fsp3) is 1.00. The van der Waals surface area contributed by atoms with Gasteiger partial charge < -0.3 is 5.32 Å². The SMILES string of the molecule is CCC(C)(C)C1CCC2NC(C)CSC2C1. The zero-order valence-electron chi connectivity index (χ0n) is 11.3. The Morgan fingerprint density at radius 3 is 2.75 bits per heavy atom. The molecule has 1 N–H and O–H groups in total. The third-order valence-corrected chi connectivity index (χ3v) is 6.51. The molecule has 1 aliphatic heterocycles. The van der Waals surface area contributed by atoms with Crippen LogP contribution in [0.3, 0.4) is 0 Å². The molecule has 0 aromatic heterocycles. The first-order valence-corrected chi connectivity index (χ1v) is 7.95. The standard InChI is InChI=1S/C14H27NS/c1-5-14(3,4)11-6-7-12-13(8-11)16-9-10(2)15-12/h10-13,15H,5-9H2,1-4H3. The van der Waals surface area contributed by atoms with Crippen molar-refractivity contribution >= 4 is 11.8 Å². The first-order valence-electron chi connectivity index (χ1n) is 6.90. The summed E-state index contributed by atoms with van der Waals surface area (Å²) in [6, 6.07) is 1.53. The van der Waals surface area contributed by atoms with Crippen LogP contribution < -0.4 is 5.32 Å². The number of thioether (sulfide) groups is 1. The Morgan fingerprint density at radius 2 is 2.06 bits per heavy atom. The summed E-state index contributed by atoms with van der Waals surface area (Å²) in [7, 11) is 0. The quantitative estimate of drug-likeness (QED) is 0.791. The molecule has 16 heavy (non-hydrogen) atoms. The molecule has 4 atom stereocenters. The zero-order chi connectivity index (χ0) is 11.8. The summed E-state index contributed by atoms with van der Waals surface area (Å²) in [5.74, 6) is 2.25. The van der Waals surface area contributed by atoms with Gasteiger partial charge in [0.15, 0.2) is 0 Å². The average molecular weight is 241 g/mol. The Balaban J connectivity index is 1.96. The van der Waals surface area contributed by atoms with Gasteiger partial charge in [-0.25, -0.2) is 0 Å². The topological polar surface area (TPSA) is 12.0 Å². The highest BCUT2D eigenvalue weighted by molar-refractivity contribution is 8.00. The van der Waals surface area contributed by atoms with Crippen molar-refractivity contribution in [2.45, 2.75) is 70.7 Å². The maximum Gasteiger partial charge on any atom is 0.0204 e. The third-order valence-electron chi connectivity index (χ3n) is 4.87. The number of hydrogen-bond acceptors (Lipinski definition) is 2. The molecule has 1 aliphatic carbocycles. The van der Waals surface area contributed by atoms with Crippen LogP contribution in [0, 0.1) is 11.3 Å². The zero-order valence-corrected chi connectivity index (χ0v) is 12.1. The second kappa shape index (κ2) is 4.89. The van der Waals surface area contributed by atoms with Crippen molar-refractivity contribution in [3.8, 4) is 0 Å². The van der Waals surface area contributed by atoms with Gasteiger partial charge >= 0.3 is 0 Å². The number of rotatable bonds is 2. The Morgan fingerprint density at radius 1 is 1.31 bits per heavy atom. The molecule has 2 rings (SSSR count). The third kappa shape index (κ3) is 2.59. The summed E-state index contributed by atoms with van der Waals surface area (Å²) in [6.45, 7) is 9.59. The van der Waals surface area contributed by atoms with Crippen LogP contribution >= 0.6 is 11.8 Å². The average Bonchev–Trinajstić information content (AvgIpc) is 2.28. The number of hydrogen-bond donors (Lipinski definition) is 1. The first-order chi connectivity index (χ1) is 7.53. The lowest BCUT2D eigenvalue weighted by molar-refractivity contribution is 0.137. The van der Waals surface area contributed by atoms with Crippen molar-refractivity contribution in [3.63, 3.8) is 0 Å². The predicted octanol–water partition coefficient (Wildman–Crippen LogP) is 3.68. The summed E-state index contributed by atoms with van der Waals surface area (Å²) in [6.07, 6.45) is 5.60. The Kier molecular flexibility index (Phi) is 3.90. The molecule has 1 nitrogen and oxygen atoms in total. The van der Waals surface area contributed by atoms with E-state index in [4.69, 9.17) is 0 Å². The molecule has 0 aromatic carbocycles. The van der Waals surface area contributed by atoms with E-state index in [1.54, 1.807) is 0 Å². The summed E-state index contributed by atoms with van der Waals surface area (Å²) in [4.78, 5) is 0. The summed E-state index contributed by atoms with van der Waals surface area (Å²) < 4.78 is 0.